The van der Waals surface area contributed by atoms with E-state index in [-0.39, 0.29) is 12.4 Å². The van der Waals surface area contributed by atoms with Crippen molar-refractivity contribution in [3.8, 4) is 17.2 Å². The molecule has 1 amide bonds. The Morgan fingerprint density at radius 2 is 1.82 bits per heavy atom. The number of ether oxygens (including phenoxy) is 3. The van der Waals surface area contributed by atoms with Crippen molar-refractivity contribution in [2.75, 3.05) is 13.7 Å². The second-order valence-corrected chi connectivity index (χ2v) is 8.05. The van der Waals surface area contributed by atoms with E-state index in [9.17, 15) is 9.59 Å². The third-order valence-electron chi connectivity index (χ3n) is 4.70. The minimum absolute atomic E-state index is 0.159. The number of benzene rings is 3. The first-order valence-corrected chi connectivity index (χ1v) is 10.8. The first-order chi connectivity index (χ1) is 15.9. The van der Waals surface area contributed by atoms with Crippen LogP contribution in [0.25, 0.3) is 0 Å². The van der Waals surface area contributed by atoms with Gasteiger partial charge in [-0.3, -0.25) is 4.79 Å². The first-order valence-electron chi connectivity index (χ1n) is 10.0. The number of hydrazone groups is 1. The number of rotatable bonds is 8. The molecule has 0 aromatic heterocycles. The Bertz CT molecular complexity index is 1190. The molecule has 3 rings (SSSR count). The summed E-state index contributed by atoms with van der Waals surface area (Å²) in [5.74, 6) is 0.343. The van der Waals surface area contributed by atoms with Crippen molar-refractivity contribution in [1.82, 2.24) is 5.43 Å². The fraction of sp³-hybridized carbons (Fsp3) is 0.160. The minimum atomic E-state index is -0.507. The van der Waals surface area contributed by atoms with Crippen molar-refractivity contribution in [3.05, 3.63) is 87.4 Å². The second kappa shape index (κ2) is 11.3. The molecule has 3 aromatic rings. The quantitative estimate of drug-likeness (QED) is 0.203. The number of hydrogen-bond acceptors (Lipinski definition) is 6. The fourth-order valence-electron chi connectivity index (χ4n) is 2.79. The van der Waals surface area contributed by atoms with Gasteiger partial charge in [0.25, 0.3) is 5.91 Å². The second-order valence-electron chi connectivity index (χ2n) is 7.14. The van der Waals surface area contributed by atoms with E-state index >= 15 is 0 Å². The molecule has 1 N–H and O–H groups in total. The summed E-state index contributed by atoms with van der Waals surface area (Å²) in [5, 5.41) is 3.94. The maximum absolute atomic E-state index is 12.4. The molecular weight excluding hydrogens is 488 g/mol. The van der Waals surface area contributed by atoms with Crippen LogP contribution in [-0.2, 0) is 4.79 Å². The molecule has 3 aromatic carbocycles. The van der Waals surface area contributed by atoms with E-state index in [1.807, 2.05) is 38.1 Å². The topological polar surface area (TPSA) is 86.2 Å². The summed E-state index contributed by atoms with van der Waals surface area (Å²) in [4.78, 5) is 24.4. The Morgan fingerprint density at radius 3 is 2.55 bits per heavy atom. The van der Waals surface area contributed by atoms with Crippen LogP contribution >= 0.6 is 15.9 Å². The molecule has 170 valence electrons. The van der Waals surface area contributed by atoms with Crippen LogP contribution in [0.4, 0.5) is 0 Å². The number of amides is 1. The van der Waals surface area contributed by atoms with Crippen LogP contribution in [0.2, 0.25) is 0 Å². The third-order valence-corrected chi connectivity index (χ3v) is 5.20. The molecule has 7 nitrogen and oxygen atoms in total. The summed E-state index contributed by atoms with van der Waals surface area (Å²) < 4.78 is 17.0. The van der Waals surface area contributed by atoms with Gasteiger partial charge in [0.15, 0.2) is 18.1 Å². The van der Waals surface area contributed by atoms with Crippen molar-refractivity contribution < 1.29 is 23.8 Å². The smallest absolute Gasteiger partial charge is 0.343 e. The Hall–Kier alpha value is -3.65. The molecule has 0 radical (unpaired) electrons. The molecule has 0 aliphatic heterocycles. The molecule has 0 fully saturated rings. The van der Waals surface area contributed by atoms with Gasteiger partial charge in [-0.15, -0.1) is 0 Å². The summed E-state index contributed by atoms with van der Waals surface area (Å²) in [6.07, 6.45) is 1.45. The van der Waals surface area contributed by atoms with Gasteiger partial charge in [0.05, 0.1) is 18.9 Å². The van der Waals surface area contributed by atoms with Crippen molar-refractivity contribution in [2.24, 2.45) is 5.10 Å². The van der Waals surface area contributed by atoms with Crippen LogP contribution in [0.3, 0.4) is 0 Å². The zero-order valence-electron chi connectivity index (χ0n) is 18.4. The number of carbonyl (C=O) groups excluding carboxylic acids is 2. The molecule has 0 atom stereocenters. The number of esters is 1. The molecule has 8 heteroatoms. The molecule has 0 heterocycles. The van der Waals surface area contributed by atoms with Gasteiger partial charge in [-0.2, -0.15) is 5.10 Å². The lowest BCUT2D eigenvalue weighted by molar-refractivity contribution is -0.123. The SMILES string of the molecule is COc1cc(C=NNC(=O)COc2ccc(C)c(C)c2)ccc1OC(=O)c1cccc(Br)c1. The van der Waals surface area contributed by atoms with E-state index in [1.165, 1.54) is 13.3 Å². The van der Waals surface area contributed by atoms with Gasteiger partial charge in [0.2, 0.25) is 0 Å². The van der Waals surface area contributed by atoms with Crippen molar-refractivity contribution in [1.29, 1.82) is 0 Å². The van der Waals surface area contributed by atoms with Crippen molar-refractivity contribution in [2.45, 2.75) is 13.8 Å². The molecule has 33 heavy (non-hydrogen) atoms. The highest BCUT2D eigenvalue weighted by Gasteiger charge is 2.13. The van der Waals surface area contributed by atoms with Crippen LogP contribution < -0.4 is 19.6 Å². The summed E-state index contributed by atoms with van der Waals surface area (Å²) >= 11 is 3.33. The van der Waals surface area contributed by atoms with Gasteiger partial charge in [-0.05, 0) is 79.1 Å². The van der Waals surface area contributed by atoms with E-state index in [4.69, 9.17) is 14.2 Å². The largest absolute Gasteiger partial charge is 0.493 e. The molecule has 0 aliphatic carbocycles. The first kappa shape index (κ1) is 24.0. The molecule has 0 saturated carbocycles. The molecule has 0 saturated heterocycles. The maximum Gasteiger partial charge on any atom is 0.343 e. The number of methoxy groups -OCH3 is 1. The predicted molar refractivity (Wildman–Crippen MR) is 129 cm³/mol. The normalized spacial score (nSPS) is 10.7. The number of aryl methyl sites for hydroxylation is 2. The standard InChI is InChI=1S/C25H23BrN2O5/c1-16-7-9-21(11-17(16)2)32-15-24(29)28-27-14-18-8-10-22(23(12-18)31-3)33-25(30)19-5-4-6-20(26)13-19/h4-14H,15H2,1-3H3,(H,28,29). The van der Waals surface area contributed by atoms with Gasteiger partial charge in [-0.1, -0.05) is 28.1 Å². The van der Waals surface area contributed by atoms with E-state index in [1.54, 1.807) is 36.4 Å². The molecule has 0 bridgehead atoms. The summed E-state index contributed by atoms with van der Waals surface area (Å²) in [7, 11) is 1.47. The van der Waals surface area contributed by atoms with Gasteiger partial charge in [-0.25, -0.2) is 10.2 Å². The highest BCUT2D eigenvalue weighted by molar-refractivity contribution is 9.10. The van der Waals surface area contributed by atoms with Crippen molar-refractivity contribution >= 4 is 34.0 Å². The zero-order chi connectivity index (χ0) is 23.8. The summed E-state index contributed by atoms with van der Waals surface area (Å²) in [6, 6.07) is 17.5. The lowest BCUT2D eigenvalue weighted by Crippen LogP contribution is -2.24. The lowest BCUT2D eigenvalue weighted by Gasteiger charge is -2.10. The Balaban J connectivity index is 1.56. The average Bonchev–Trinajstić information content (AvgIpc) is 2.80. The Kier molecular flexibility index (Phi) is 8.21. The average molecular weight is 511 g/mol. The van der Waals surface area contributed by atoms with Gasteiger partial charge in [0, 0.05) is 4.47 Å². The van der Waals surface area contributed by atoms with E-state index < -0.39 is 11.9 Å². The van der Waals surface area contributed by atoms with Gasteiger partial charge in [0.1, 0.15) is 5.75 Å². The van der Waals surface area contributed by atoms with Crippen LogP contribution in [0.1, 0.15) is 27.0 Å². The maximum atomic E-state index is 12.4. The highest BCUT2D eigenvalue weighted by atomic mass is 79.9. The van der Waals surface area contributed by atoms with Crippen LogP contribution in [0.5, 0.6) is 17.2 Å². The van der Waals surface area contributed by atoms with Gasteiger partial charge < -0.3 is 14.2 Å². The minimum Gasteiger partial charge on any atom is -0.493 e. The predicted octanol–water partition coefficient (Wildman–Crippen LogP) is 4.82. The molecule has 0 aliphatic rings. The fourth-order valence-corrected chi connectivity index (χ4v) is 3.19. The van der Waals surface area contributed by atoms with Crippen LogP contribution in [0.15, 0.2) is 70.2 Å². The number of hydrogen-bond donors (Lipinski definition) is 1. The molecule has 0 unspecified atom stereocenters. The number of nitrogens with one attached hydrogen (secondary N) is 1. The summed E-state index contributed by atoms with van der Waals surface area (Å²) in [5.41, 5.74) is 5.70. The van der Waals surface area contributed by atoms with E-state index in [0.717, 1.165) is 15.6 Å². The molecule has 0 spiro atoms. The van der Waals surface area contributed by atoms with Crippen molar-refractivity contribution in [3.63, 3.8) is 0 Å². The number of halogens is 1. The lowest BCUT2D eigenvalue weighted by atomic mass is 10.1. The number of nitrogens with zero attached hydrogens (tertiary/aromatic N) is 1. The van der Waals surface area contributed by atoms with E-state index in [2.05, 4.69) is 26.5 Å². The zero-order valence-corrected chi connectivity index (χ0v) is 20.0. The monoisotopic (exact) mass is 510 g/mol. The third kappa shape index (κ3) is 6.92. The number of carbonyl (C=O) groups is 2. The van der Waals surface area contributed by atoms with Gasteiger partial charge >= 0.3 is 5.97 Å². The Morgan fingerprint density at radius 1 is 1.00 bits per heavy atom. The van der Waals surface area contributed by atoms with E-state index in [0.29, 0.717) is 22.6 Å². The van der Waals surface area contributed by atoms with Crippen LogP contribution in [0, 0.1) is 13.8 Å². The van der Waals surface area contributed by atoms with Crippen LogP contribution in [-0.4, -0.2) is 31.8 Å². The summed E-state index contributed by atoms with van der Waals surface area (Å²) in [6.45, 7) is 3.83. The Labute approximate surface area is 200 Å². The highest BCUT2D eigenvalue weighted by Crippen LogP contribution is 2.28. The molecular formula is C25H23BrN2O5.